The number of imidazole rings is 1. The first-order chi connectivity index (χ1) is 10.7. The van der Waals surface area contributed by atoms with Gasteiger partial charge in [-0.25, -0.2) is 15.0 Å². The highest BCUT2D eigenvalue weighted by Crippen LogP contribution is 2.31. The Bertz CT molecular complexity index is 648. The van der Waals surface area contributed by atoms with Crippen molar-refractivity contribution in [3.63, 3.8) is 0 Å². The smallest absolute Gasteiger partial charge is 0.167 e. The lowest BCUT2D eigenvalue weighted by Crippen LogP contribution is -2.33. The van der Waals surface area contributed by atoms with E-state index < -0.39 is 24.5 Å². The number of aliphatic hydroxyl groups excluding tert-OH is 3. The summed E-state index contributed by atoms with van der Waals surface area (Å²) in [5.74, 6) is 0.609. The van der Waals surface area contributed by atoms with Gasteiger partial charge >= 0.3 is 0 Å². The molecule has 0 bridgehead atoms. The topological polar surface area (TPSA) is 126 Å². The summed E-state index contributed by atoms with van der Waals surface area (Å²) >= 11 is 0. The standard InChI is InChI=1S/C13H19N5O4/c1-2-3-14-11-8-12(16-5-15-11)18(6-17-8)13-10(21)9(20)7(4-19)22-13/h5-7,9-10,13,19-21H,2-4H2,1H3,(H,14,15,16)/t7-,9-,10-,13?/m1/s1. The number of fused-ring (bicyclic) bond motifs is 1. The van der Waals surface area contributed by atoms with Crippen LogP contribution >= 0.6 is 0 Å². The van der Waals surface area contributed by atoms with Crippen LogP contribution in [0.5, 0.6) is 0 Å². The zero-order chi connectivity index (χ0) is 15.7. The van der Waals surface area contributed by atoms with Crippen molar-refractivity contribution in [2.45, 2.75) is 37.9 Å². The summed E-state index contributed by atoms with van der Waals surface area (Å²) in [6.45, 7) is 2.43. The van der Waals surface area contributed by atoms with Crippen molar-refractivity contribution in [3.8, 4) is 0 Å². The monoisotopic (exact) mass is 309 g/mol. The quantitative estimate of drug-likeness (QED) is 0.569. The van der Waals surface area contributed by atoms with Gasteiger partial charge < -0.3 is 25.4 Å². The van der Waals surface area contributed by atoms with Crippen LogP contribution in [-0.4, -0.2) is 66.3 Å². The first kappa shape index (κ1) is 15.1. The molecular formula is C13H19N5O4. The average Bonchev–Trinajstić information content (AvgIpc) is 3.08. The van der Waals surface area contributed by atoms with E-state index in [9.17, 15) is 10.2 Å². The molecule has 0 spiro atoms. The van der Waals surface area contributed by atoms with Gasteiger partial charge in [-0.3, -0.25) is 4.57 Å². The zero-order valence-corrected chi connectivity index (χ0v) is 12.1. The Morgan fingerprint density at radius 2 is 2.09 bits per heavy atom. The fraction of sp³-hybridized carbons (Fsp3) is 0.615. The number of hydrogen-bond acceptors (Lipinski definition) is 8. The molecule has 0 radical (unpaired) electrons. The van der Waals surface area contributed by atoms with Gasteiger partial charge in [0.2, 0.25) is 0 Å². The molecule has 0 aromatic carbocycles. The van der Waals surface area contributed by atoms with Crippen LogP contribution < -0.4 is 5.32 Å². The summed E-state index contributed by atoms with van der Waals surface area (Å²) in [4.78, 5) is 12.6. The number of nitrogens with zero attached hydrogens (tertiary/aromatic N) is 4. The largest absolute Gasteiger partial charge is 0.394 e. The number of rotatable bonds is 5. The van der Waals surface area contributed by atoms with Crippen molar-refractivity contribution in [3.05, 3.63) is 12.7 Å². The minimum absolute atomic E-state index is 0.375. The van der Waals surface area contributed by atoms with Crippen molar-refractivity contribution >= 4 is 17.0 Å². The number of nitrogens with one attached hydrogen (secondary N) is 1. The molecule has 1 unspecified atom stereocenters. The zero-order valence-electron chi connectivity index (χ0n) is 12.1. The number of hydrogen-bond donors (Lipinski definition) is 4. The van der Waals surface area contributed by atoms with Crippen molar-refractivity contribution in [1.29, 1.82) is 0 Å². The Hall–Kier alpha value is -1.81. The van der Waals surface area contributed by atoms with Crippen LogP contribution in [-0.2, 0) is 4.74 Å². The van der Waals surface area contributed by atoms with Crippen LogP contribution in [0.3, 0.4) is 0 Å². The Morgan fingerprint density at radius 1 is 1.27 bits per heavy atom. The molecule has 0 amide bonds. The Morgan fingerprint density at radius 3 is 2.77 bits per heavy atom. The fourth-order valence-electron chi connectivity index (χ4n) is 2.52. The molecule has 3 rings (SSSR count). The van der Waals surface area contributed by atoms with Gasteiger partial charge in [-0.15, -0.1) is 0 Å². The molecule has 4 N–H and O–H groups in total. The van der Waals surface area contributed by atoms with Crippen LogP contribution in [0.4, 0.5) is 5.82 Å². The summed E-state index contributed by atoms with van der Waals surface area (Å²) in [6, 6.07) is 0. The Labute approximate surface area is 126 Å². The number of aromatic nitrogens is 4. The molecule has 1 aliphatic heterocycles. The number of anilines is 1. The molecule has 2 aromatic rings. The Kier molecular flexibility index (Phi) is 4.21. The fourth-order valence-corrected chi connectivity index (χ4v) is 2.52. The molecule has 1 aliphatic rings. The minimum atomic E-state index is -1.17. The summed E-state index contributed by atoms with van der Waals surface area (Å²) < 4.78 is 7.04. The van der Waals surface area contributed by atoms with E-state index in [0.717, 1.165) is 13.0 Å². The summed E-state index contributed by atoms with van der Waals surface area (Å²) in [5.41, 5.74) is 1.05. The van der Waals surface area contributed by atoms with E-state index in [2.05, 4.69) is 20.3 Å². The van der Waals surface area contributed by atoms with Crippen LogP contribution in [0, 0.1) is 0 Å². The van der Waals surface area contributed by atoms with Crippen molar-refractivity contribution in [1.82, 2.24) is 19.5 Å². The summed E-state index contributed by atoms with van der Waals surface area (Å²) in [7, 11) is 0. The summed E-state index contributed by atoms with van der Waals surface area (Å²) in [5, 5.41) is 32.3. The molecule has 120 valence electrons. The molecule has 22 heavy (non-hydrogen) atoms. The molecule has 1 saturated heterocycles. The highest BCUT2D eigenvalue weighted by molar-refractivity contribution is 5.82. The maximum absolute atomic E-state index is 10.1. The molecule has 2 aromatic heterocycles. The minimum Gasteiger partial charge on any atom is -0.394 e. The van der Waals surface area contributed by atoms with Crippen LogP contribution in [0.25, 0.3) is 11.2 Å². The van der Waals surface area contributed by atoms with E-state index in [1.54, 1.807) is 0 Å². The van der Waals surface area contributed by atoms with Gasteiger partial charge in [-0.2, -0.15) is 0 Å². The third-order valence-corrected chi connectivity index (χ3v) is 3.69. The molecule has 4 atom stereocenters. The SMILES string of the molecule is CCCNc1ncnc2c1ncn2C1O[C@H](CO)[C@@H](O)[C@H]1O. The molecule has 0 aliphatic carbocycles. The van der Waals surface area contributed by atoms with E-state index in [1.807, 2.05) is 6.92 Å². The second-order valence-electron chi connectivity index (χ2n) is 5.20. The van der Waals surface area contributed by atoms with Gasteiger partial charge in [0.25, 0.3) is 0 Å². The normalized spacial score (nSPS) is 28.4. The first-order valence-corrected chi connectivity index (χ1v) is 7.21. The maximum atomic E-state index is 10.1. The van der Waals surface area contributed by atoms with Gasteiger partial charge in [0.15, 0.2) is 23.2 Å². The van der Waals surface area contributed by atoms with Gasteiger partial charge in [0, 0.05) is 6.54 Å². The van der Waals surface area contributed by atoms with E-state index in [0.29, 0.717) is 17.0 Å². The highest BCUT2D eigenvalue weighted by atomic mass is 16.6. The molecule has 9 nitrogen and oxygen atoms in total. The van der Waals surface area contributed by atoms with Crippen molar-refractivity contribution in [2.75, 3.05) is 18.5 Å². The molecule has 1 fully saturated rings. The first-order valence-electron chi connectivity index (χ1n) is 7.21. The molecule has 9 heteroatoms. The van der Waals surface area contributed by atoms with Gasteiger partial charge in [-0.05, 0) is 6.42 Å². The van der Waals surface area contributed by atoms with Gasteiger partial charge in [0.05, 0.1) is 12.9 Å². The molecule has 0 saturated carbocycles. The molecular weight excluding hydrogens is 290 g/mol. The Balaban J connectivity index is 1.95. The number of ether oxygens (including phenoxy) is 1. The predicted octanol–water partition coefficient (Wildman–Crippen LogP) is -0.740. The van der Waals surface area contributed by atoms with E-state index >= 15 is 0 Å². The lowest BCUT2D eigenvalue weighted by atomic mass is 10.1. The lowest BCUT2D eigenvalue weighted by Gasteiger charge is -2.16. The average molecular weight is 309 g/mol. The second-order valence-corrected chi connectivity index (χ2v) is 5.20. The maximum Gasteiger partial charge on any atom is 0.167 e. The van der Waals surface area contributed by atoms with Crippen LogP contribution in [0.2, 0.25) is 0 Å². The van der Waals surface area contributed by atoms with Crippen LogP contribution in [0.15, 0.2) is 12.7 Å². The van der Waals surface area contributed by atoms with Crippen molar-refractivity contribution in [2.24, 2.45) is 0 Å². The predicted molar refractivity (Wildman–Crippen MR) is 77.1 cm³/mol. The number of aliphatic hydroxyl groups is 3. The third-order valence-electron chi connectivity index (χ3n) is 3.69. The third kappa shape index (κ3) is 2.41. The van der Waals surface area contributed by atoms with Crippen LogP contribution in [0.1, 0.15) is 19.6 Å². The van der Waals surface area contributed by atoms with E-state index in [1.165, 1.54) is 17.2 Å². The lowest BCUT2D eigenvalue weighted by molar-refractivity contribution is -0.0511. The van der Waals surface area contributed by atoms with E-state index in [4.69, 9.17) is 9.84 Å². The van der Waals surface area contributed by atoms with E-state index in [-0.39, 0.29) is 6.61 Å². The summed E-state index contributed by atoms with van der Waals surface area (Å²) in [6.07, 6.45) is -0.191. The molecule has 3 heterocycles. The van der Waals surface area contributed by atoms with Crippen molar-refractivity contribution < 1.29 is 20.1 Å². The highest BCUT2D eigenvalue weighted by Gasteiger charge is 2.43. The van der Waals surface area contributed by atoms with Gasteiger partial charge in [-0.1, -0.05) is 6.92 Å². The van der Waals surface area contributed by atoms with Gasteiger partial charge in [0.1, 0.15) is 24.6 Å². The second kappa shape index (κ2) is 6.13.